The number of rotatable bonds is 4. The van der Waals surface area contributed by atoms with Crippen molar-refractivity contribution in [3.05, 3.63) is 23.8 Å². The summed E-state index contributed by atoms with van der Waals surface area (Å²) in [6.45, 7) is 2.38. The molecular weight excluding hydrogens is 240 g/mol. The van der Waals surface area contributed by atoms with Crippen LogP contribution in [0.3, 0.4) is 0 Å². The summed E-state index contributed by atoms with van der Waals surface area (Å²) < 4.78 is 36.5. The summed E-state index contributed by atoms with van der Waals surface area (Å²) in [5, 5.41) is 0. The van der Waals surface area contributed by atoms with E-state index in [1.54, 1.807) is 18.2 Å². The Labute approximate surface area is 105 Å². The Morgan fingerprint density at radius 2 is 1.94 bits per heavy atom. The molecule has 0 spiro atoms. The Morgan fingerprint density at radius 3 is 2.44 bits per heavy atom. The molecule has 5 heteroatoms. The summed E-state index contributed by atoms with van der Waals surface area (Å²) in [4.78, 5) is 0. The number of hydrogen-bond donors (Lipinski definition) is 1. The first-order valence-electron chi connectivity index (χ1n) is 5.88. The van der Waals surface area contributed by atoms with Gasteiger partial charge in [0, 0.05) is 12.8 Å². The summed E-state index contributed by atoms with van der Waals surface area (Å²) in [6.07, 6.45) is -0.645. The van der Waals surface area contributed by atoms with Crippen LogP contribution in [0.5, 0.6) is 11.5 Å². The van der Waals surface area contributed by atoms with Crippen molar-refractivity contribution in [3.8, 4) is 11.5 Å². The fourth-order valence-corrected chi connectivity index (χ4v) is 2.33. The zero-order valence-electron chi connectivity index (χ0n) is 10.5. The van der Waals surface area contributed by atoms with Crippen molar-refractivity contribution in [3.63, 3.8) is 0 Å². The van der Waals surface area contributed by atoms with Crippen molar-refractivity contribution >= 4 is 0 Å². The molecule has 1 aliphatic carbocycles. The molecule has 2 rings (SSSR count). The van der Waals surface area contributed by atoms with Gasteiger partial charge in [-0.15, -0.1) is 0 Å². The molecule has 0 radical (unpaired) electrons. The number of ether oxygens (including phenoxy) is 2. The summed E-state index contributed by atoms with van der Waals surface area (Å²) in [6, 6.07) is 5.12. The van der Waals surface area contributed by atoms with E-state index in [9.17, 15) is 8.78 Å². The van der Waals surface area contributed by atoms with Crippen LogP contribution in [-0.2, 0) is 5.54 Å². The van der Waals surface area contributed by atoms with E-state index in [0.29, 0.717) is 23.7 Å². The summed E-state index contributed by atoms with van der Waals surface area (Å²) in [5.41, 5.74) is 5.68. The highest BCUT2D eigenvalue weighted by Crippen LogP contribution is 2.50. The van der Waals surface area contributed by atoms with Crippen LogP contribution in [-0.4, -0.2) is 19.6 Å². The van der Waals surface area contributed by atoms with E-state index in [1.165, 1.54) is 7.11 Å². The lowest BCUT2D eigenvalue weighted by Crippen LogP contribution is -2.55. The number of methoxy groups -OCH3 is 1. The minimum absolute atomic E-state index is 0.322. The predicted octanol–water partition coefficient (Wildman–Crippen LogP) is 2.68. The van der Waals surface area contributed by atoms with Gasteiger partial charge in [-0.25, -0.2) is 8.78 Å². The smallest absolute Gasteiger partial charge is 0.252 e. The molecule has 0 amide bonds. The van der Waals surface area contributed by atoms with Crippen LogP contribution in [0.1, 0.15) is 25.3 Å². The molecule has 0 aliphatic heterocycles. The Bertz CT molecular complexity index is 441. The second-order valence-electron chi connectivity index (χ2n) is 4.66. The van der Waals surface area contributed by atoms with Crippen molar-refractivity contribution in [1.29, 1.82) is 0 Å². The molecule has 1 aromatic rings. The van der Waals surface area contributed by atoms with Crippen molar-refractivity contribution in [1.82, 2.24) is 0 Å². The van der Waals surface area contributed by atoms with Gasteiger partial charge >= 0.3 is 0 Å². The summed E-state index contributed by atoms with van der Waals surface area (Å²) in [5.74, 6) is -1.53. The van der Waals surface area contributed by atoms with Gasteiger partial charge in [0.2, 0.25) is 0 Å². The fraction of sp³-hybridized carbons (Fsp3) is 0.538. The normalized spacial score (nSPS) is 20.1. The van der Waals surface area contributed by atoms with E-state index in [1.807, 2.05) is 6.92 Å². The Morgan fingerprint density at radius 1 is 1.28 bits per heavy atom. The molecule has 100 valence electrons. The average molecular weight is 257 g/mol. The molecule has 1 aliphatic rings. The van der Waals surface area contributed by atoms with E-state index in [4.69, 9.17) is 15.2 Å². The van der Waals surface area contributed by atoms with Crippen LogP contribution in [0.25, 0.3) is 0 Å². The number of benzene rings is 1. The monoisotopic (exact) mass is 257 g/mol. The summed E-state index contributed by atoms with van der Waals surface area (Å²) >= 11 is 0. The van der Waals surface area contributed by atoms with Crippen LogP contribution in [0.15, 0.2) is 18.2 Å². The largest absolute Gasteiger partial charge is 0.493 e. The van der Waals surface area contributed by atoms with Crippen LogP contribution < -0.4 is 15.2 Å². The lowest BCUT2D eigenvalue weighted by molar-refractivity contribution is -0.125. The van der Waals surface area contributed by atoms with Gasteiger partial charge in [-0.1, -0.05) is 6.07 Å². The zero-order valence-corrected chi connectivity index (χ0v) is 10.5. The van der Waals surface area contributed by atoms with E-state index in [-0.39, 0.29) is 12.8 Å². The van der Waals surface area contributed by atoms with E-state index < -0.39 is 11.5 Å². The van der Waals surface area contributed by atoms with Crippen LogP contribution in [0.4, 0.5) is 8.78 Å². The second-order valence-corrected chi connectivity index (χ2v) is 4.66. The first-order valence-corrected chi connectivity index (χ1v) is 5.88. The van der Waals surface area contributed by atoms with Crippen LogP contribution in [0.2, 0.25) is 0 Å². The molecule has 0 unspecified atom stereocenters. The molecular formula is C13H17F2NO2. The van der Waals surface area contributed by atoms with Gasteiger partial charge in [0.25, 0.3) is 5.92 Å². The highest BCUT2D eigenvalue weighted by atomic mass is 19.3. The molecule has 2 N–H and O–H groups in total. The number of hydrogen-bond acceptors (Lipinski definition) is 3. The van der Waals surface area contributed by atoms with Crippen molar-refractivity contribution in [2.45, 2.75) is 31.2 Å². The maximum atomic E-state index is 13.0. The maximum Gasteiger partial charge on any atom is 0.252 e. The Balaban J connectivity index is 2.25. The Kier molecular flexibility index (Phi) is 3.19. The van der Waals surface area contributed by atoms with E-state index in [0.717, 1.165) is 0 Å². The van der Waals surface area contributed by atoms with Gasteiger partial charge in [-0.2, -0.15) is 0 Å². The first-order chi connectivity index (χ1) is 8.40. The topological polar surface area (TPSA) is 44.5 Å². The quantitative estimate of drug-likeness (QED) is 0.902. The first kappa shape index (κ1) is 13.1. The molecule has 1 aromatic carbocycles. The van der Waals surface area contributed by atoms with Gasteiger partial charge < -0.3 is 15.2 Å². The minimum Gasteiger partial charge on any atom is -0.493 e. The zero-order chi connectivity index (χ0) is 13.4. The van der Waals surface area contributed by atoms with Crippen molar-refractivity contribution in [2.75, 3.05) is 13.7 Å². The molecule has 0 saturated heterocycles. The van der Waals surface area contributed by atoms with Crippen LogP contribution >= 0.6 is 0 Å². The minimum atomic E-state index is -2.65. The highest BCUT2D eigenvalue weighted by molar-refractivity contribution is 5.46. The maximum absolute atomic E-state index is 13.0. The predicted molar refractivity (Wildman–Crippen MR) is 64.2 cm³/mol. The van der Waals surface area contributed by atoms with Crippen LogP contribution in [0, 0.1) is 0 Å². The SMILES string of the molecule is CCOc1ccc(C2(N)CC(F)(F)C2)cc1OC. The second kappa shape index (κ2) is 4.39. The van der Waals surface area contributed by atoms with E-state index >= 15 is 0 Å². The van der Waals surface area contributed by atoms with Gasteiger partial charge in [-0.05, 0) is 24.6 Å². The molecule has 0 bridgehead atoms. The third-order valence-electron chi connectivity index (χ3n) is 3.19. The molecule has 0 heterocycles. The number of nitrogens with two attached hydrogens (primary N) is 1. The number of halogens is 2. The van der Waals surface area contributed by atoms with Crippen molar-refractivity contribution < 1.29 is 18.3 Å². The third kappa shape index (κ3) is 2.27. The van der Waals surface area contributed by atoms with Gasteiger partial charge in [0.05, 0.1) is 19.3 Å². The third-order valence-corrected chi connectivity index (χ3v) is 3.19. The molecule has 0 aromatic heterocycles. The molecule has 3 nitrogen and oxygen atoms in total. The Hall–Kier alpha value is -1.36. The van der Waals surface area contributed by atoms with E-state index in [2.05, 4.69) is 0 Å². The lowest BCUT2D eigenvalue weighted by atomic mass is 9.70. The lowest BCUT2D eigenvalue weighted by Gasteiger charge is -2.45. The number of alkyl halides is 2. The standard InChI is InChI=1S/C13H17F2NO2/c1-3-18-10-5-4-9(6-11(10)17-2)12(16)7-13(14,15)8-12/h4-6H,3,7-8,16H2,1-2H3. The molecule has 18 heavy (non-hydrogen) atoms. The van der Waals surface area contributed by atoms with Gasteiger partial charge in [0.15, 0.2) is 11.5 Å². The summed E-state index contributed by atoms with van der Waals surface area (Å²) in [7, 11) is 1.51. The highest BCUT2D eigenvalue weighted by Gasteiger charge is 2.55. The molecule has 0 atom stereocenters. The average Bonchev–Trinajstić information content (AvgIpc) is 2.27. The molecule has 1 fully saturated rings. The molecule has 1 saturated carbocycles. The van der Waals surface area contributed by atoms with Crippen molar-refractivity contribution in [2.24, 2.45) is 5.73 Å². The fourth-order valence-electron chi connectivity index (χ4n) is 2.33. The van der Waals surface area contributed by atoms with Gasteiger partial charge in [-0.3, -0.25) is 0 Å². The van der Waals surface area contributed by atoms with Gasteiger partial charge in [0.1, 0.15) is 0 Å².